The third-order valence-electron chi connectivity index (χ3n) is 2.53. The summed E-state index contributed by atoms with van der Waals surface area (Å²) in [7, 11) is 0. The van der Waals surface area contributed by atoms with Crippen molar-refractivity contribution in [2.45, 2.75) is 6.42 Å². The molecule has 0 aliphatic carbocycles. The van der Waals surface area contributed by atoms with Crippen molar-refractivity contribution in [1.82, 2.24) is 4.98 Å². The van der Waals surface area contributed by atoms with Gasteiger partial charge in [-0.15, -0.1) is 11.6 Å². The number of nitrogen functional groups attached to an aromatic ring is 1. The molecule has 1 saturated heterocycles. The maximum Gasteiger partial charge on any atom is 0.227 e. The number of carbonyl (C=O) groups is 1. The van der Waals surface area contributed by atoms with Crippen LogP contribution in [-0.2, 0) is 4.79 Å². The molecule has 15 heavy (non-hydrogen) atoms. The fourth-order valence-corrected chi connectivity index (χ4v) is 1.96. The molecule has 2 heterocycles. The van der Waals surface area contributed by atoms with E-state index in [-0.39, 0.29) is 11.8 Å². The third kappa shape index (κ3) is 1.90. The van der Waals surface area contributed by atoms with Gasteiger partial charge in [-0.25, -0.2) is 4.98 Å². The van der Waals surface area contributed by atoms with Crippen molar-refractivity contribution >= 4 is 29.0 Å². The number of rotatable bonds is 2. The smallest absolute Gasteiger partial charge is 0.227 e. The minimum Gasteiger partial charge on any atom is -0.382 e. The first-order chi connectivity index (χ1) is 7.22. The maximum absolute atomic E-state index is 11.7. The molecule has 4 nitrogen and oxygen atoms in total. The summed E-state index contributed by atoms with van der Waals surface area (Å²) in [6.07, 6.45) is 2.11. The van der Waals surface area contributed by atoms with Gasteiger partial charge in [0.1, 0.15) is 5.82 Å². The van der Waals surface area contributed by atoms with Crippen LogP contribution in [0.5, 0.6) is 0 Å². The minimum absolute atomic E-state index is 0.0698. The van der Waals surface area contributed by atoms with Crippen molar-refractivity contribution in [3.63, 3.8) is 0 Å². The number of nitrogens with zero attached hydrogens (tertiary/aromatic N) is 2. The molecule has 1 aliphatic heterocycles. The predicted octanol–water partition coefficient (Wildman–Crippen LogP) is 1.26. The average molecular weight is 226 g/mol. The molecule has 80 valence electrons. The number of nitrogens with two attached hydrogens (primary N) is 1. The van der Waals surface area contributed by atoms with Crippen LogP contribution in [0.1, 0.15) is 6.42 Å². The van der Waals surface area contributed by atoms with E-state index in [0.717, 1.165) is 0 Å². The second-order valence-electron chi connectivity index (χ2n) is 3.64. The van der Waals surface area contributed by atoms with Crippen molar-refractivity contribution in [2.75, 3.05) is 23.1 Å². The van der Waals surface area contributed by atoms with Crippen LogP contribution in [0.2, 0.25) is 0 Å². The van der Waals surface area contributed by atoms with Crippen molar-refractivity contribution in [1.29, 1.82) is 0 Å². The van der Waals surface area contributed by atoms with Crippen LogP contribution < -0.4 is 10.6 Å². The molecule has 1 aromatic rings. The molecule has 0 aromatic carbocycles. The van der Waals surface area contributed by atoms with Gasteiger partial charge in [0, 0.05) is 25.0 Å². The number of alkyl halides is 1. The SMILES string of the molecule is Nc1ncccc1N1CC(CCl)CC1=O. The van der Waals surface area contributed by atoms with Crippen molar-refractivity contribution in [3.05, 3.63) is 18.3 Å². The second kappa shape index (κ2) is 4.06. The van der Waals surface area contributed by atoms with E-state index < -0.39 is 0 Å². The van der Waals surface area contributed by atoms with E-state index in [4.69, 9.17) is 17.3 Å². The molecule has 1 fully saturated rings. The molecule has 0 bridgehead atoms. The fourth-order valence-electron chi connectivity index (χ4n) is 1.76. The molecule has 5 heteroatoms. The van der Waals surface area contributed by atoms with Gasteiger partial charge in [0.25, 0.3) is 0 Å². The van der Waals surface area contributed by atoms with E-state index in [1.165, 1.54) is 0 Å². The third-order valence-corrected chi connectivity index (χ3v) is 2.97. The van der Waals surface area contributed by atoms with E-state index in [9.17, 15) is 4.79 Å². The van der Waals surface area contributed by atoms with Gasteiger partial charge in [0.05, 0.1) is 5.69 Å². The molecule has 0 saturated carbocycles. The Morgan fingerprint density at radius 2 is 2.47 bits per heavy atom. The summed E-state index contributed by atoms with van der Waals surface area (Å²) in [5.74, 6) is 1.18. The number of amides is 1. The van der Waals surface area contributed by atoms with Gasteiger partial charge in [-0.2, -0.15) is 0 Å². The van der Waals surface area contributed by atoms with Gasteiger partial charge in [-0.1, -0.05) is 0 Å². The standard InChI is InChI=1S/C10H12ClN3O/c11-5-7-4-9(15)14(6-7)8-2-1-3-13-10(8)12/h1-3,7H,4-6H2,(H2,12,13). The highest BCUT2D eigenvalue weighted by Gasteiger charge is 2.30. The first-order valence-electron chi connectivity index (χ1n) is 4.79. The Bertz CT molecular complexity index is 383. The summed E-state index contributed by atoms with van der Waals surface area (Å²) in [4.78, 5) is 17.3. The van der Waals surface area contributed by atoms with Crippen molar-refractivity contribution < 1.29 is 4.79 Å². The van der Waals surface area contributed by atoms with Gasteiger partial charge in [0.15, 0.2) is 0 Å². The average Bonchev–Trinajstić information content (AvgIpc) is 2.60. The van der Waals surface area contributed by atoms with Gasteiger partial charge in [-0.05, 0) is 18.1 Å². The highest BCUT2D eigenvalue weighted by molar-refractivity contribution is 6.18. The van der Waals surface area contributed by atoms with Crippen LogP contribution in [0.4, 0.5) is 11.5 Å². The second-order valence-corrected chi connectivity index (χ2v) is 3.95. The quantitative estimate of drug-likeness (QED) is 0.771. The van der Waals surface area contributed by atoms with Crippen LogP contribution >= 0.6 is 11.6 Å². The summed E-state index contributed by atoms with van der Waals surface area (Å²) in [6, 6.07) is 3.57. The van der Waals surface area contributed by atoms with E-state index >= 15 is 0 Å². The van der Waals surface area contributed by atoms with Crippen LogP contribution in [0.15, 0.2) is 18.3 Å². The molecule has 1 unspecified atom stereocenters. The zero-order valence-electron chi connectivity index (χ0n) is 8.19. The van der Waals surface area contributed by atoms with Gasteiger partial charge >= 0.3 is 0 Å². The minimum atomic E-state index is 0.0698. The highest BCUT2D eigenvalue weighted by atomic mass is 35.5. The normalized spacial score (nSPS) is 21.0. The Labute approximate surface area is 93.0 Å². The number of halogens is 1. The van der Waals surface area contributed by atoms with Gasteiger partial charge in [0.2, 0.25) is 5.91 Å². The monoisotopic (exact) mass is 225 g/mol. The summed E-state index contributed by atoms with van der Waals surface area (Å²) in [5.41, 5.74) is 6.40. The lowest BCUT2D eigenvalue weighted by atomic mass is 10.1. The van der Waals surface area contributed by atoms with E-state index in [2.05, 4.69) is 4.98 Å². The Morgan fingerprint density at radius 1 is 1.67 bits per heavy atom. The van der Waals surface area contributed by atoms with Crippen molar-refractivity contribution in [2.24, 2.45) is 5.92 Å². The molecule has 1 aliphatic rings. The summed E-state index contributed by atoms with van der Waals surface area (Å²) in [5, 5.41) is 0. The maximum atomic E-state index is 11.7. The zero-order chi connectivity index (χ0) is 10.8. The van der Waals surface area contributed by atoms with Crippen LogP contribution in [-0.4, -0.2) is 23.3 Å². The summed E-state index contributed by atoms with van der Waals surface area (Å²) < 4.78 is 0. The Balaban J connectivity index is 2.25. The molecule has 2 N–H and O–H groups in total. The Hall–Kier alpha value is -1.29. The lowest BCUT2D eigenvalue weighted by Crippen LogP contribution is -2.25. The number of anilines is 2. The lowest BCUT2D eigenvalue weighted by molar-refractivity contribution is -0.117. The summed E-state index contributed by atoms with van der Waals surface area (Å²) in [6.45, 7) is 0.637. The lowest BCUT2D eigenvalue weighted by Gasteiger charge is -2.17. The highest BCUT2D eigenvalue weighted by Crippen LogP contribution is 2.28. The van der Waals surface area contributed by atoms with Crippen LogP contribution in [0, 0.1) is 5.92 Å². The van der Waals surface area contributed by atoms with Crippen molar-refractivity contribution in [3.8, 4) is 0 Å². The summed E-state index contributed by atoms with van der Waals surface area (Å²) >= 11 is 5.74. The van der Waals surface area contributed by atoms with E-state index in [1.54, 1.807) is 23.2 Å². The first kappa shape index (κ1) is 10.2. The van der Waals surface area contributed by atoms with Gasteiger partial charge in [-0.3, -0.25) is 4.79 Å². The van der Waals surface area contributed by atoms with Gasteiger partial charge < -0.3 is 10.6 Å². The largest absolute Gasteiger partial charge is 0.382 e. The first-order valence-corrected chi connectivity index (χ1v) is 5.32. The van der Waals surface area contributed by atoms with Crippen LogP contribution in [0.3, 0.4) is 0 Å². The zero-order valence-corrected chi connectivity index (χ0v) is 8.94. The fraction of sp³-hybridized carbons (Fsp3) is 0.400. The number of pyridine rings is 1. The van der Waals surface area contributed by atoms with E-state index in [0.29, 0.717) is 30.4 Å². The number of hydrogen-bond acceptors (Lipinski definition) is 3. The molecule has 0 radical (unpaired) electrons. The van der Waals surface area contributed by atoms with Crippen LogP contribution in [0.25, 0.3) is 0 Å². The topological polar surface area (TPSA) is 59.2 Å². The molecule has 0 spiro atoms. The molecule has 1 amide bonds. The molecule has 2 rings (SSSR count). The number of carbonyl (C=O) groups excluding carboxylic acids is 1. The molecule has 1 aromatic heterocycles. The van der Waals surface area contributed by atoms with E-state index in [1.807, 2.05) is 0 Å². The predicted molar refractivity (Wildman–Crippen MR) is 59.8 cm³/mol. The molecular weight excluding hydrogens is 214 g/mol. The number of aromatic nitrogens is 1. The molecular formula is C10H12ClN3O. The Morgan fingerprint density at radius 3 is 3.07 bits per heavy atom. The Kier molecular flexibility index (Phi) is 2.77. The molecule has 1 atom stereocenters. The number of hydrogen-bond donors (Lipinski definition) is 1.